The lowest BCUT2D eigenvalue weighted by atomic mass is 9.89. The van der Waals surface area contributed by atoms with Crippen molar-refractivity contribution in [1.29, 1.82) is 0 Å². The first-order valence-electron chi connectivity index (χ1n) is 24.4. The molecule has 2 aromatic heterocycles. The average molecular weight is 1070 g/mol. The summed E-state index contributed by atoms with van der Waals surface area (Å²) in [5, 5.41) is 20.6. The zero-order valence-corrected chi connectivity index (χ0v) is 42.2. The number of hydrogen-bond donors (Lipinski definition) is 5. The number of alkyl halides is 3. The number of para-hydroxylation sites is 1. The first kappa shape index (κ1) is 55.4. The van der Waals surface area contributed by atoms with Gasteiger partial charge in [0.25, 0.3) is 11.8 Å². The van der Waals surface area contributed by atoms with E-state index in [1.165, 1.54) is 35.4 Å². The van der Waals surface area contributed by atoms with Gasteiger partial charge in [-0.25, -0.2) is 19.5 Å². The number of imide groups is 1. The Morgan fingerprint density at radius 2 is 1.59 bits per heavy atom. The average Bonchev–Trinajstić information content (AvgIpc) is 3.97. The Kier molecular flexibility index (Phi) is 18.4. The molecule has 0 bridgehead atoms. The quantitative estimate of drug-likeness (QED) is 0.0281. The molecule has 0 aliphatic carbocycles. The van der Waals surface area contributed by atoms with E-state index in [4.69, 9.17) is 15.5 Å². The second-order valence-electron chi connectivity index (χ2n) is 18.2. The Balaban J connectivity index is 1.05. The normalized spacial score (nSPS) is 13.6. The number of phenolic OH excluding ortho intramolecular Hbond substituents is 1. The molecule has 3 heterocycles. The number of carbonyl (C=O) groups excluding carboxylic acids is 7. The molecule has 4 aromatic carbocycles. The molecule has 0 saturated carbocycles. The Labute approximate surface area is 438 Å². The second-order valence-corrected chi connectivity index (χ2v) is 19.2. The summed E-state index contributed by atoms with van der Waals surface area (Å²) >= 11 is 1.15. The molecule has 1 aliphatic heterocycles. The molecule has 398 valence electrons. The van der Waals surface area contributed by atoms with Gasteiger partial charge in [0.15, 0.2) is 10.9 Å². The third kappa shape index (κ3) is 14.7. The van der Waals surface area contributed by atoms with Crippen LogP contribution in [-0.4, -0.2) is 87.0 Å². The van der Waals surface area contributed by atoms with E-state index in [2.05, 4.69) is 25.7 Å². The number of pyridine rings is 1. The van der Waals surface area contributed by atoms with Crippen LogP contribution >= 0.6 is 11.3 Å². The minimum absolute atomic E-state index is 0.103. The fourth-order valence-corrected chi connectivity index (χ4v) is 9.57. The molecule has 76 heavy (non-hydrogen) atoms. The van der Waals surface area contributed by atoms with Gasteiger partial charge < -0.3 is 36.3 Å². The maximum Gasteiger partial charge on any atom is 0.573 e. The van der Waals surface area contributed by atoms with Gasteiger partial charge in [-0.2, -0.15) is 0 Å². The Bertz CT molecular complexity index is 3060. The highest BCUT2D eigenvalue weighted by Crippen LogP contribution is 2.43. The van der Waals surface area contributed by atoms with Crippen molar-refractivity contribution in [2.24, 2.45) is 17.6 Å². The zero-order chi connectivity index (χ0) is 54.5. The number of ether oxygens (including phenoxy) is 2. The van der Waals surface area contributed by atoms with E-state index in [0.717, 1.165) is 28.4 Å². The molecular formula is C54H55F3N8O10S. The maximum atomic E-state index is 14.7. The predicted octanol–water partition coefficient (Wildman–Crippen LogP) is 8.97. The third-order valence-corrected chi connectivity index (χ3v) is 13.4. The molecule has 0 fully saturated rings. The van der Waals surface area contributed by atoms with Crippen molar-refractivity contribution in [2.45, 2.75) is 83.8 Å². The monoisotopic (exact) mass is 1060 g/mol. The van der Waals surface area contributed by atoms with Crippen LogP contribution in [0.25, 0.3) is 21.1 Å². The number of fused-ring (bicyclic) bond motifs is 2. The number of unbranched alkanes of at least 4 members (excludes halogenated alkanes) is 2. The van der Waals surface area contributed by atoms with Crippen LogP contribution in [0.3, 0.4) is 0 Å². The van der Waals surface area contributed by atoms with Crippen molar-refractivity contribution in [2.75, 3.05) is 23.3 Å². The highest BCUT2D eigenvalue weighted by Gasteiger charge is 2.36. The highest BCUT2D eigenvalue weighted by molar-refractivity contribution is 7.22. The van der Waals surface area contributed by atoms with Gasteiger partial charge in [-0.05, 0) is 85.2 Å². The summed E-state index contributed by atoms with van der Waals surface area (Å²) in [5.74, 6) is -4.00. The van der Waals surface area contributed by atoms with Gasteiger partial charge in [-0.15, -0.1) is 13.2 Å². The van der Waals surface area contributed by atoms with Gasteiger partial charge in [0.1, 0.15) is 23.6 Å². The van der Waals surface area contributed by atoms with Gasteiger partial charge in [-0.1, -0.05) is 86.2 Å². The van der Waals surface area contributed by atoms with Crippen LogP contribution in [0.1, 0.15) is 81.5 Å². The summed E-state index contributed by atoms with van der Waals surface area (Å²) in [6.45, 7) is 3.61. The zero-order valence-electron chi connectivity index (χ0n) is 41.4. The number of aromatic hydroxyl groups is 1. The highest BCUT2D eigenvalue weighted by atomic mass is 32.1. The van der Waals surface area contributed by atoms with Crippen molar-refractivity contribution < 1.29 is 61.3 Å². The number of Topliss-reactive ketones (excluding diaryl/α,β-unsaturated/α-hetero) is 1. The van der Waals surface area contributed by atoms with E-state index >= 15 is 0 Å². The fourth-order valence-electron chi connectivity index (χ4n) is 8.59. The molecule has 18 nitrogen and oxygen atoms in total. The lowest BCUT2D eigenvalue weighted by Crippen LogP contribution is -2.45. The van der Waals surface area contributed by atoms with E-state index in [-0.39, 0.29) is 95.9 Å². The minimum Gasteiger partial charge on any atom is -0.505 e. The molecular weight excluding hydrogens is 1010 g/mol. The number of benzene rings is 4. The smallest absolute Gasteiger partial charge is 0.505 e. The van der Waals surface area contributed by atoms with Crippen molar-refractivity contribution in [3.05, 3.63) is 132 Å². The Morgan fingerprint density at radius 1 is 0.868 bits per heavy atom. The van der Waals surface area contributed by atoms with Gasteiger partial charge in [-0.3, -0.25) is 33.9 Å². The van der Waals surface area contributed by atoms with Crippen molar-refractivity contribution in [3.63, 3.8) is 0 Å². The van der Waals surface area contributed by atoms with Crippen LogP contribution in [0.5, 0.6) is 11.5 Å². The molecule has 6 aromatic rings. The molecule has 0 spiro atoms. The molecule has 22 heteroatoms. The molecule has 1 unspecified atom stereocenters. The number of ketones is 1. The van der Waals surface area contributed by atoms with Crippen molar-refractivity contribution in [1.82, 2.24) is 25.5 Å². The van der Waals surface area contributed by atoms with E-state index in [1.807, 2.05) is 0 Å². The van der Waals surface area contributed by atoms with Crippen LogP contribution in [0.2, 0.25) is 0 Å². The number of primary amides is 1. The summed E-state index contributed by atoms with van der Waals surface area (Å²) in [6.07, 6.45) is -0.131. The minimum atomic E-state index is -4.97. The Morgan fingerprint density at radius 3 is 2.28 bits per heavy atom. The van der Waals surface area contributed by atoms with Gasteiger partial charge in [0.05, 0.1) is 22.3 Å². The lowest BCUT2D eigenvalue weighted by molar-refractivity contribution is -0.274. The summed E-state index contributed by atoms with van der Waals surface area (Å²) in [7, 11) is 0. The molecule has 7 rings (SSSR count). The number of anilines is 2. The van der Waals surface area contributed by atoms with Crippen LogP contribution in [0.4, 0.5) is 33.6 Å². The topological polar surface area (TPSA) is 253 Å². The SMILES string of the molecule is CC(C)[C@H](NC(=O)CCCCCN1C(=O)C=CC1=O)C(=O)C[C@@H](CCCNC(N)=O)C(=O)Nc1ccc(COC(=O)N(c2nc3ccccc3s2)C(c2ccc(OC(F)(F)F)cc2)c2ccc3cccnc3c2O)cc1. The molecule has 0 radical (unpaired) electrons. The van der Waals surface area contributed by atoms with Crippen LogP contribution < -0.4 is 31.3 Å². The number of amides is 7. The van der Waals surface area contributed by atoms with Gasteiger partial charge in [0, 0.05) is 66.8 Å². The number of urea groups is 1. The second kappa shape index (κ2) is 25.2. The molecule has 0 saturated heterocycles. The van der Waals surface area contributed by atoms with Crippen molar-refractivity contribution >= 4 is 84.8 Å². The number of hydrogen-bond acceptors (Lipinski definition) is 13. The summed E-state index contributed by atoms with van der Waals surface area (Å²) in [5.41, 5.74) is 7.24. The molecule has 1 aliphatic rings. The standard InChI is InChI=1S/C54H55F3N8O10S/c1-32(2)46(63-43(67)14-4-3-7-29-64-44(68)25-26-45(64)69)41(66)30-36(11-9-28-60-51(58)72)50(71)61-37-20-15-33(16-21-37)31-74-53(73)65(52-62-40-12-5-6-13-42(40)76-52)48(35-17-22-38(23-18-35)75-54(55,56)57)39-24-19-34-10-8-27-59-47(34)49(39)70/h5-6,8,10,12-13,15-27,32,36,46,48,70H,3-4,7,9,11,14,28-31H2,1-2H3,(H,61,71)(H,63,67)(H3,58,60,72)/t36-,46+,48?/m1/s1. The molecule has 3 atom stereocenters. The first-order valence-corrected chi connectivity index (χ1v) is 25.2. The predicted molar refractivity (Wildman–Crippen MR) is 277 cm³/mol. The number of carbonyl (C=O) groups is 7. The van der Waals surface area contributed by atoms with E-state index < -0.39 is 48.1 Å². The lowest BCUT2D eigenvalue weighted by Gasteiger charge is -2.30. The van der Waals surface area contributed by atoms with Crippen LogP contribution in [-0.2, 0) is 35.3 Å². The number of aromatic nitrogens is 2. The largest absolute Gasteiger partial charge is 0.573 e. The Hall–Kier alpha value is -8.40. The number of thiazole rings is 1. The van der Waals surface area contributed by atoms with Gasteiger partial charge >= 0.3 is 18.5 Å². The number of rotatable bonds is 24. The number of nitrogens with one attached hydrogen (secondary N) is 3. The van der Waals surface area contributed by atoms with Crippen LogP contribution in [0, 0.1) is 11.8 Å². The van der Waals surface area contributed by atoms with E-state index in [9.17, 15) is 51.8 Å². The number of phenols is 1. The molecule has 7 amide bonds. The first-order chi connectivity index (χ1) is 36.3. The number of nitrogens with zero attached hydrogens (tertiary/aromatic N) is 4. The summed E-state index contributed by atoms with van der Waals surface area (Å²) < 4.78 is 50.5. The number of nitrogens with two attached hydrogens (primary N) is 1. The summed E-state index contributed by atoms with van der Waals surface area (Å²) in [4.78, 5) is 102. The van der Waals surface area contributed by atoms with Crippen molar-refractivity contribution in [3.8, 4) is 11.5 Å². The third-order valence-electron chi connectivity index (χ3n) is 12.4. The number of halogens is 3. The van der Waals surface area contributed by atoms with E-state index in [0.29, 0.717) is 52.5 Å². The summed E-state index contributed by atoms with van der Waals surface area (Å²) in [6, 6.07) is 22.1. The van der Waals surface area contributed by atoms with Crippen LogP contribution in [0.15, 0.2) is 115 Å². The molecule has 6 N–H and O–H groups in total. The maximum absolute atomic E-state index is 14.7. The van der Waals surface area contributed by atoms with Gasteiger partial charge in [0.2, 0.25) is 11.8 Å². The fraction of sp³-hybridized carbons (Fsp3) is 0.315. The van der Waals surface area contributed by atoms with E-state index in [1.54, 1.807) is 86.6 Å².